The summed E-state index contributed by atoms with van der Waals surface area (Å²) in [7, 11) is 0. The van der Waals surface area contributed by atoms with Crippen LogP contribution >= 0.6 is 11.5 Å². The Bertz CT molecular complexity index is 492. The maximum absolute atomic E-state index is 12.8. The first-order chi connectivity index (χ1) is 9.61. The summed E-state index contributed by atoms with van der Waals surface area (Å²) < 4.78 is 10.0. The van der Waals surface area contributed by atoms with E-state index >= 15 is 0 Å². The van der Waals surface area contributed by atoms with E-state index in [4.69, 9.17) is 4.74 Å². The highest BCUT2D eigenvalue weighted by Crippen LogP contribution is 2.43. The predicted molar refractivity (Wildman–Crippen MR) is 78.2 cm³/mol. The lowest BCUT2D eigenvalue weighted by Gasteiger charge is -2.37. The fourth-order valence-electron chi connectivity index (χ4n) is 3.55. The van der Waals surface area contributed by atoms with Crippen molar-refractivity contribution in [1.82, 2.24) is 9.59 Å². The number of nitrogens with zero attached hydrogens (tertiary/aromatic N) is 2. The van der Waals surface area contributed by atoms with Gasteiger partial charge in [0.1, 0.15) is 4.88 Å². The molecule has 0 bridgehead atoms. The molecule has 1 atom stereocenters. The second kappa shape index (κ2) is 5.53. The van der Waals surface area contributed by atoms with Gasteiger partial charge in [-0.2, -0.15) is 0 Å². The summed E-state index contributed by atoms with van der Waals surface area (Å²) in [6.07, 6.45) is 6.45. The molecule has 1 aromatic heterocycles. The largest absolute Gasteiger partial charge is 0.375 e. The van der Waals surface area contributed by atoms with Gasteiger partial charge in [-0.25, -0.2) is 0 Å². The third kappa shape index (κ3) is 2.53. The Morgan fingerprint density at radius 2 is 2.15 bits per heavy atom. The van der Waals surface area contributed by atoms with E-state index in [0.29, 0.717) is 0 Å². The molecular weight excluding hydrogens is 272 g/mol. The number of aromatic nitrogens is 2. The van der Waals surface area contributed by atoms with E-state index in [1.807, 2.05) is 0 Å². The monoisotopic (exact) mass is 294 g/mol. The zero-order valence-corrected chi connectivity index (χ0v) is 13.0. The zero-order valence-electron chi connectivity index (χ0n) is 12.2. The van der Waals surface area contributed by atoms with Gasteiger partial charge in [0.2, 0.25) is 0 Å². The summed E-state index contributed by atoms with van der Waals surface area (Å²) in [5, 5.41) is 4.14. The number of hydrogen-bond acceptors (Lipinski definition) is 5. The van der Waals surface area contributed by atoms with Crippen molar-refractivity contribution < 1.29 is 9.53 Å². The van der Waals surface area contributed by atoms with Gasteiger partial charge in [-0.3, -0.25) is 4.79 Å². The van der Waals surface area contributed by atoms with E-state index in [1.54, 1.807) is 0 Å². The number of ketones is 1. The summed E-state index contributed by atoms with van der Waals surface area (Å²) in [5.74, 6) is 0.604. The normalized spacial score (nSPS) is 25.4. The Hall–Kier alpha value is -0.810. The smallest absolute Gasteiger partial charge is 0.179 e. The first-order valence-corrected chi connectivity index (χ1v) is 8.39. The number of Topliss-reactive ketones (excluding diaryl/α,β-unsaturated/α-hetero) is 1. The molecule has 0 amide bonds. The number of carbonyl (C=O) groups excluding carboxylic acids is 1. The summed E-state index contributed by atoms with van der Waals surface area (Å²) in [6, 6.07) is 0. The average Bonchev–Trinajstić information content (AvgIpc) is 3.07. The van der Waals surface area contributed by atoms with E-state index in [9.17, 15) is 4.79 Å². The lowest BCUT2D eigenvalue weighted by molar-refractivity contribution is -0.0866. The first kappa shape index (κ1) is 14.1. The standard InChI is InChI=1S/C15H22N2O2S/c1-10(2)12-14(20-17-16-12)13(18)11-5-8-19-15(9-11)6-3-4-7-15/h10-11H,3-9H2,1-2H3. The van der Waals surface area contributed by atoms with Crippen molar-refractivity contribution in [2.75, 3.05) is 6.61 Å². The van der Waals surface area contributed by atoms with Crippen LogP contribution in [0.3, 0.4) is 0 Å². The van der Waals surface area contributed by atoms with Crippen LogP contribution in [0.1, 0.15) is 73.7 Å². The van der Waals surface area contributed by atoms with Gasteiger partial charge in [0.25, 0.3) is 0 Å². The van der Waals surface area contributed by atoms with Crippen molar-refractivity contribution in [3.63, 3.8) is 0 Å². The minimum atomic E-state index is -0.00527. The van der Waals surface area contributed by atoms with Crippen LogP contribution in [0.4, 0.5) is 0 Å². The fraction of sp³-hybridized carbons (Fsp3) is 0.800. The highest BCUT2D eigenvalue weighted by Gasteiger charge is 2.42. The van der Waals surface area contributed by atoms with Crippen LogP contribution in [0, 0.1) is 5.92 Å². The van der Waals surface area contributed by atoms with Crippen LogP contribution in [-0.4, -0.2) is 27.6 Å². The molecule has 1 aliphatic carbocycles. The van der Waals surface area contributed by atoms with Gasteiger partial charge in [0.05, 0.1) is 11.3 Å². The van der Waals surface area contributed by atoms with Crippen LogP contribution in [0.25, 0.3) is 0 Å². The summed E-state index contributed by atoms with van der Waals surface area (Å²) >= 11 is 1.26. The van der Waals surface area contributed by atoms with E-state index in [0.717, 1.165) is 42.9 Å². The van der Waals surface area contributed by atoms with Crippen molar-refractivity contribution in [3.05, 3.63) is 10.6 Å². The second-order valence-electron chi connectivity index (χ2n) is 6.43. The van der Waals surface area contributed by atoms with Crippen molar-refractivity contribution in [2.24, 2.45) is 5.92 Å². The molecule has 2 heterocycles. The van der Waals surface area contributed by atoms with E-state index in [-0.39, 0.29) is 23.2 Å². The fourth-order valence-corrected chi connectivity index (χ4v) is 4.39. The van der Waals surface area contributed by atoms with Crippen LogP contribution in [0.5, 0.6) is 0 Å². The van der Waals surface area contributed by atoms with Crippen molar-refractivity contribution in [1.29, 1.82) is 0 Å². The topological polar surface area (TPSA) is 52.1 Å². The van der Waals surface area contributed by atoms with Crippen molar-refractivity contribution >= 4 is 17.3 Å². The first-order valence-electron chi connectivity index (χ1n) is 7.62. The molecule has 4 nitrogen and oxygen atoms in total. The highest BCUT2D eigenvalue weighted by atomic mass is 32.1. The molecule has 2 fully saturated rings. The third-order valence-electron chi connectivity index (χ3n) is 4.66. The molecule has 2 aliphatic rings. The number of ether oxygens (including phenoxy) is 1. The SMILES string of the molecule is CC(C)c1nnsc1C(=O)C1CCOC2(CCCC2)C1. The molecule has 1 saturated heterocycles. The summed E-state index contributed by atoms with van der Waals surface area (Å²) in [5.41, 5.74) is 0.862. The van der Waals surface area contributed by atoms with Crippen LogP contribution in [0.15, 0.2) is 0 Å². The van der Waals surface area contributed by atoms with E-state index < -0.39 is 0 Å². The van der Waals surface area contributed by atoms with Gasteiger partial charge < -0.3 is 4.74 Å². The Morgan fingerprint density at radius 1 is 1.40 bits per heavy atom. The molecule has 20 heavy (non-hydrogen) atoms. The molecule has 0 aromatic carbocycles. The molecule has 5 heteroatoms. The molecule has 1 spiro atoms. The second-order valence-corrected chi connectivity index (χ2v) is 7.19. The molecule has 3 rings (SSSR count). The van der Waals surface area contributed by atoms with Crippen molar-refractivity contribution in [2.45, 2.75) is 63.9 Å². The maximum Gasteiger partial charge on any atom is 0.179 e. The Labute approximate surface area is 124 Å². The van der Waals surface area contributed by atoms with E-state index in [1.165, 1.54) is 24.4 Å². The lowest BCUT2D eigenvalue weighted by Crippen LogP contribution is -2.39. The minimum absolute atomic E-state index is 0.00527. The molecule has 0 N–H and O–H groups in total. The number of rotatable bonds is 3. The van der Waals surface area contributed by atoms with Gasteiger partial charge >= 0.3 is 0 Å². The van der Waals surface area contributed by atoms with Gasteiger partial charge in [-0.15, -0.1) is 5.10 Å². The maximum atomic E-state index is 12.8. The molecule has 1 unspecified atom stereocenters. The minimum Gasteiger partial charge on any atom is -0.375 e. The molecule has 1 aromatic rings. The van der Waals surface area contributed by atoms with Gasteiger partial charge in [-0.1, -0.05) is 31.2 Å². The third-order valence-corrected chi connectivity index (χ3v) is 5.42. The molecule has 110 valence electrons. The zero-order chi connectivity index (χ0) is 14.2. The van der Waals surface area contributed by atoms with Crippen LogP contribution in [0.2, 0.25) is 0 Å². The lowest BCUT2D eigenvalue weighted by atomic mass is 9.81. The average molecular weight is 294 g/mol. The van der Waals surface area contributed by atoms with Gasteiger partial charge in [0.15, 0.2) is 5.78 Å². The highest BCUT2D eigenvalue weighted by molar-refractivity contribution is 7.08. The van der Waals surface area contributed by atoms with Crippen molar-refractivity contribution in [3.8, 4) is 0 Å². The summed E-state index contributed by atoms with van der Waals surface area (Å²) in [4.78, 5) is 13.6. The quantitative estimate of drug-likeness (QED) is 0.799. The Kier molecular flexibility index (Phi) is 3.91. The molecule has 1 saturated carbocycles. The van der Waals surface area contributed by atoms with E-state index in [2.05, 4.69) is 23.4 Å². The molecule has 1 aliphatic heterocycles. The van der Waals surface area contributed by atoms with Gasteiger partial charge in [-0.05, 0) is 43.1 Å². The van der Waals surface area contributed by atoms with Gasteiger partial charge in [0, 0.05) is 12.5 Å². The Balaban J connectivity index is 1.78. The number of hydrogen-bond donors (Lipinski definition) is 0. The summed E-state index contributed by atoms with van der Waals surface area (Å²) in [6.45, 7) is 4.85. The molecular formula is C15H22N2O2S. The van der Waals surface area contributed by atoms with Crippen LogP contribution in [-0.2, 0) is 4.74 Å². The Morgan fingerprint density at radius 3 is 2.85 bits per heavy atom. The van der Waals surface area contributed by atoms with Crippen LogP contribution < -0.4 is 0 Å². The predicted octanol–water partition coefficient (Wildman–Crippen LogP) is 3.58. The number of carbonyl (C=O) groups is 1. The molecule has 0 radical (unpaired) electrons.